The van der Waals surface area contributed by atoms with Gasteiger partial charge >= 0.3 is 0 Å². The largest absolute Gasteiger partial charge is 0.324 e. The van der Waals surface area contributed by atoms with E-state index >= 15 is 0 Å². The fourth-order valence-corrected chi connectivity index (χ4v) is 9.84. The van der Waals surface area contributed by atoms with Crippen LogP contribution < -0.4 is 10.6 Å². The van der Waals surface area contributed by atoms with E-state index in [9.17, 15) is 9.59 Å². The molecule has 0 unspecified atom stereocenters. The molecule has 8 aliphatic carbocycles. The number of benzene rings is 1. The van der Waals surface area contributed by atoms with Gasteiger partial charge in [0.25, 0.3) is 0 Å². The van der Waals surface area contributed by atoms with Crippen molar-refractivity contribution in [1.29, 1.82) is 0 Å². The smallest absolute Gasteiger partial charge is 0.228 e. The Hall–Kier alpha value is -1.84. The number of hydrogen-bond donors (Lipinski definition) is 2. The molecular formula is C28H36N2O2. The topological polar surface area (TPSA) is 58.2 Å². The van der Waals surface area contributed by atoms with Crippen molar-refractivity contribution in [1.82, 2.24) is 0 Å². The summed E-state index contributed by atoms with van der Waals surface area (Å²) in [7, 11) is 0. The Bertz CT molecular complexity index is 808. The highest BCUT2D eigenvalue weighted by Gasteiger charge is 2.52. The van der Waals surface area contributed by atoms with E-state index in [0.29, 0.717) is 23.7 Å². The third kappa shape index (κ3) is 3.15. The summed E-state index contributed by atoms with van der Waals surface area (Å²) in [4.78, 5) is 26.8. The summed E-state index contributed by atoms with van der Waals surface area (Å²) >= 11 is 0. The minimum atomic E-state index is 0.163. The van der Waals surface area contributed by atoms with Crippen molar-refractivity contribution in [3.63, 3.8) is 0 Å². The van der Waals surface area contributed by atoms with Crippen molar-refractivity contribution in [2.45, 2.75) is 64.2 Å². The Morgan fingerprint density at radius 3 is 1.16 bits per heavy atom. The molecule has 8 aliphatic rings. The molecule has 0 saturated heterocycles. The molecule has 0 heterocycles. The van der Waals surface area contributed by atoms with Gasteiger partial charge in [0.05, 0.1) is 11.4 Å². The summed E-state index contributed by atoms with van der Waals surface area (Å²) < 4.78 is 0. The lowest BCUT2D eigenvalue weighted by molar-refractivity contribution is -0.133. The number of amides is 2. The number of rotatable bonds is 4. The van der Waals surface area contributed by atoms with Crippen molar-refractivity contribution >= 4 is 23.2 Å². The number of hydrogen-bond acceptors (Lipinski definition) is 2. The molecule has 0 atom stereocenters. The van der Waals surface area contributed by atoms with Crippen LogP contribution in [0.5, 0.6) is 0 Å². The average Bonchev–Trinajstić information content (AvgIpc) is 2.73. The highest BCUT2D eigenvalue weighted by atomic mass is 16.2. The first-order valence-corrected chi connectivity index (χ1v) is 13.3. The first kappa shape index (κ1) is 19.6. The molecule has 4 nitrogen and oxygen atoms in total. The van der Waals surface area contributed by atoms with Crippen LogP contribution in [-0.2, 0) is 9.59 Å². The lowest BCUT2D eigenvalue weighted by Crippen LogP contribution is -2.49. The third-order valence-electron chi connectivity index (χ3n) is 10.5. The van der Waals surface area contributed by atoms with Gasteiger partial charge in [0, 0.05) is 11.8 Å². The predicted octanol–water partition coefficient (Wildman–Crippen LogP) is 5.71. The normalized spacial score (nSPS) is 45.1. The number of carbonyl (C=O) groups excluding carboxylic acids is 2. The molecule has 0 spiro atoms. The Kier molecular flexibility index (Phi) is 4.49. The lowest BCUT2D eigenvalue weighted by Gasteiger charge is -2.53. The number of para-hydroxylation sites is 2. The maximum atomic E-state index is 13.4. The van der Waals surface area contributed by atoms with E-state index in [1.54, 1.807) is 0 Å². The lowest BCUT2D eigenvalue weighted by atomic mass is 9.51. The maximum Gasteiger partial charge on any atom is 0.228 e. The Balaban J connectivity index is 1.07. The van der Waals surface area contributed by atoms with Gasteiger partial charge in [-0.2, -0.15) is 0 Å². The van der Waals surface area contributed by atoms with Crippen LogP contribution in [0, 0.1) is 59.2 Å². The highest BCUT2D eigenvalue weighted by Crippen LogP contribution is 2.58. The number of anilines is 2. The van der Waals surface area contributed by atoms with E-state index in [1.165, 1.54) is 64.2 Å². The van der Waals surface area contributed by atoms with Gasteiger partial charge in [-0.05, 0) is 124 Å². The summed E-state index contributed by atoms with van der Waals surface area (Å²) in [6, 6.07) is 7.84. The minimum absolute atomic E-state index is 0.163. The zero-order valence-corrected chi connectivity index (χ0v) is 19.0. The number of nitrogens with one attached hydrogen (secondary N) is 2. The van der Waals surface area contributed by atoms with E-state index in [0.717, 1.165) is 35.0 Å². The zero-order chi connectivity index (χ0) is 21.4. The molecule has 0 aromatic heterocycles. The Morgan fingerprint density at radius 1 is 0.531 bits per heavy atom. The minimum Gasteiger partial charge on any atom is -0.324 e. The SMILES string of the molecule is O=C(Nc1ccccc1NC(=O)C1C2CC3CC(C2)CC1C3)C1C2CC3CC(C2)CC1C3. The number of carbonyl (C=O) groups is 2. The van der Waals surface area contributed by atoms with Gasteiger partial charge in [0.15, 0.2) is 0 Å². The van der Waals surface area contributed by atoms with E-state index in [4.69, 9.17) is 0 Å². The van der Waals surface area contributed by atoms with Gasteiger partial charge in [-0.3, -0.25) is 9.59 Å². The Labute approximate surface area is 191 Å². The van der Waals surface area contributed by atoms with Gasteiger partial charge in [-0.1, -0.05) is 12.1 Å². The van der Waals surface area contributed by atoms with Crippen LogP contribution in [0.25, 0.3) is 0 Å². The molecule has 8 fully saturated rings. The summed E-state index contributed by atoms with van der Waals surface area (Å²) in [6.45, 7) is 0. The molecule has 9 rings (SSSR count). The van der Waals surface area contributed by atoms with E-state index in [1.807, 2.05) is 24.3 Å². The van der Waals surface area contributed by atoms with Gasteiger partial charge < -0.3 is 10.6 Å². The van der Waals surface area contributed by atoms with E-state index in [-0.39, 0.29) is 23.7 Å². The first-order valence-electron chi connectivity index (χ1n) is 13.3. The Morgan fingerprint density at radius 2 is 0.844 bits per heavy atom. The third-order valence-corrected chi connectivity index (χ3v) is 10.5. The molecule has 8 saturated carbocycles. The molecule has 4 heteroatoms. The molecule has 0 aliphatic heterocycles. The maximum absolute atomic E-state index is 13.4. The van der Waals surface area contributed by atoms with Crippen molar-refractivity contribution in [3.8, 4) is 0 Å². The van der Waals surface area contributed by atoms with Gasteiger partial charge in [0.2, 0.25) is 11.8 Å². The van der Waals surface area contributed by atoms with Crippen LogP contribution in [0.1, 0.15) is 64.2 Å². The second-order valence-corrected chi connectivity index (χ2v) is 12.4. The fraction of sp³-hybridized carbons (Fsp3) is 0.714. The van der Waals surface area contributed by atoms with Crippen molar-refractivity contribution in [2.24, 2.45) is 59.2 Å². The molecule has 1 aromatic carbocycles. The van der Waals surface area contributed by atoms with E-state index in [2.05, 4.69) is 10.6 Å². The molecule has 0 radical (unpaired) electrons. The monoisotopic (exact) mass is 432 g/mol. The molecule has 8 bridgehead atoms. The summed E-state index contributed by atoms with van der Waals surface area (Å²) in [5.41, 5.74) is 1.56. The molecule has 170 valence electrons. The zero-order valence-electron chi connectivity index (χ0n) is 19.0. The van der Waals surface area contributed by atoms with Crippen molar-refractivity contribution < 1.29 is 9.59 Å². The van der Waals surface area contributed by atoms with Crippen LogP contribution in [0.4, 0.5) is 11.4 Å². The van der Waals surface area contributed by atoms with Gasteiger partial charge in [-0.15, -0.1) is 0 Å². The molecule has 32 heavy (non-hydrogen) atoms. The molecule has 2 amide bonds. The van der Waals surface area contributed by atoms with Crippen LogP contribution in [0.2, 0.25) is 0 Å². The molecular weight excluding hydrogens is 396 g/mol. The van der Waals surface area contributed by atoms with Crippen LogP contribution in [-0.4, -0.2) is 11.8 Å². The summed E-state index contributed by atoms with van der Waals surface area (Å²) in [5.74, 6) is 6.47. The van der Waals surface area contributed by atoms with Crippen LogP contribution in [0.3, 0.4) is 0 Å². The standard InChI is InChI=1S/C28H36N2O2/c31-27(25-19-7-15-5-16(9-19)10-20(25)8-15)29-23-3-1-2-4-24(23)30-28(32)26-21-11-17-6-18(13-21)14-22(26)12-17/h1-4,15-22,25-26H,5-14H2,(H,29,31)(H,30,32). The van der Waals surface area contributed by atoms with Gasteiger partial charge in [0.1, 0.15) is 0 Å². The second-order valence-electron chi connectivity index (χ2n) is 12.4. The van der Waals surface area contributed by atoms with Crippen LogP contribution in [0.15, 0.2) is 24.3 Å². The van der Waals surface area contributed by atoms with E-state index < -0.39 is 0 Å². The average molecular weight is 433 g/mol. The first-order chi connectivity index (χ1) is 15.6. The predicted molar refractivity (Wildman–Crippen MR) is 125 cm³/mol. The quantitative estimate of drug-likeness (QED) is 0.640. The van der Waals surface area contributed by atoms with Gasteiger partial charge in [-0.25, -0.2) is 0 Å². The second kappa shape index (κ2) is 7.33. The van der Waals surface area contributed by atoms with Crippen molar-refractivity contribution in [3.05, 3.63) is 24.3 Å². The molecule has 1 aromatic rings. The highest BCUT2D eigenvalue weighted by molar-refractivity contribution is 6.01. The fourth-order valence-electron chi connectivity index (χ4n) is 9.84. The summed E-state index contributed by atoms with van der Waals surface area (Å²) in [5, 5.41) is 6.52. The van der Waals surface area contributed by atoms with Crippen LogP contribution >= 0.6 is 0 Å². The van der Waals surface area contributed by atoms with Crippen molar-refractivity contribution in [2.75, 3.05) is 10.6 Å². The molecule has 2 N–H and O–H groups in total. The summed E-state index contributed by atoms with van der Waals surface area (Å²) in [6.07, 6.45) is 12.8.